The molecular weight excluding hydrogens is 344 g/mol. The molecule has 1 aliphatic heterocycles. The lowest BCUT2D eigenvalue weighted by molar-refractivity contribution is 0.316. The third-order valence-electron chi connectivity index (χ3n) is 4.82. The van der Waals surface area contributed by atoms with Crippen molar-refractivity contribution >= 4 is 27.7 Å². The molecule has 1 heterocycles. The number of sulfonamides is 1. The number of thioether (sulfide) groups is 1. The largest absolute Gasteiger partial charge is 0.355 e. The Balaban J connectivity index is 1.74. The second-order valence-electron chi connectivity index (χ2n) is 7.04. The second-order valence-corrected chi connectivity index (χ2v) is 10.3. The maximum absolute atomic E-state index is 12.1. The molecule has 1 aliphatic carbocycles. The Labute approximate surface area is 151 Å². The Bertz CT molecular complexity index is 518. The SMILES string of the molecule is CN=C(NCCS(=O)(=O)NCC1CCC1)N1CCSC(C(C)C)C1. The summed E-state index contributed by atoms with van der Waals surface area (Å²) in [6.07, 6.45) is 3.53. The smallest absolute Gasteiger partial charge is 0.213 e. The van der Waals surface area contributed by atoms with Crippen LogP contribution in [0, 0.1) is 11.8 Å². The predicted octanol–water partition coefficient (Wildman–Crippen LogP) is 1.35. The summed E-state index contributed by atoms with van der Waals surface area (Å²) in [5, 5.41) is 3.82. The van der Waals surface area contributed by atoms with Crippen molar-refractivity contribution in [1.82, 2.24) is 14.9 Å². The summed E-state index contributed by atoms with van der Waals surface area (Å²) in [6.45, 7) is 7.41. The quantitative estimate of drug-likeness (QED) is 0.518. The molecule has 0 aromatic heterocycles. The number of guanidine groups is 1. The van der Waals surface area contributed by atoms with Gasteiger partial charge in [-0.15, -0.1) is 0 Å². The van der Waals surface area contributed by atoms with Crippen LogP contribution in [0.2, 0.25) is 0 Å². The van der Waals surface area contributed by atoms with Crippen molar-refractivity contribution in [2.45, 2.75) is 38.4 Å². The predicted molar refractivity (Wildman–Crippen MR) is 103 cm³/mol. The summed E-state index contributed by atoms with van der Waals surface area (Å²) >= 11 is 2.02. The summed E-state index contributed by atoms with van der Waals surface area (Å²) in [6, 6.07) is 0. The van der Waals surface area contributed by atoms with Crippen molar-refractivity contribution in [1.29, 1.82) is 0 Å². The molecule has 8 heteroatoms. The summed E-state index contributed by atoms with van der Waals surface area (Å²) in [5.41, 5.74) is 0. The van der Waals surface area contributed by atoms with Crippen molar-refractivity contribution in [3.05, 3.63) is 0 Å². The molecule has 1 atom stereocenters. The van der Waals surface area contributed by atoms with Crippen molar-refractivity contribution in [3.8, 4) is 0 Å². The molecule has 1 unspecified atom stereocenters. The molecule has 140 valence electrons. The van der Waals surface area contributed by atoms with Gasteiger partial charge in [-0.1, -0.05) is 20.3 Å². The highest BCUT2D eigenvalue weighted by Gasteiger charge is 2.25. The summed E-state index contributed by atoms with van der Waals surface area (Å²) in [4.78, 5) is 6.57. The van der Waals surface area contributed by atoms with E-state index in [9.17, 15) is 8.42 Å². The fourth-order valence-corrected chi connectivity index (χ4v) is 5.22. The summed E-state index contributed by atoms with van der Waals surface area (Å²) in [5.74, 6) is 3.17. The highest BCUT2D eigenvalue weighted by atomic mass is 32.2. The Morgan fingerprint density at radius 2 is 2.12 bits per heavy atom. The van der Waals surface area contributed by atoms with Crippen molar-refractivity contribution in [2.75, 3.05) is 44.7 Å². The van der Waals surface area contributed by atoms with Gasteiger partial charge in [0.05, 0.1) is 5.75 Å². The fraction of sp³-hybridized carbons (Fsp3) is 0.938. The first-order valence-corrected chi connectivity index (χ1v) is 11.7. The van der Waals surface area contributed by atoms with Gasteiger partial charge in [0.1, 0.15) is 0 Å². The van der Waals surface area contributed by atoms with E-state index in [0.29, 0.717) is 30.2 Å². The average molecular weight is 377 g/mol. The Morgan fingerprint density at radius 3 is 2.71 bits per heavy atom. The molecule has 6 nitrogen and oxygen atoms in total. The van der Waals surface area contributed by atoms with Crippen molar-refractivity contribution < 1.29 is 8.42 Å². The third kappa shape index (κ3) is 6.11. The molecule has 2 rings (SSSR count). The van der Waals surface area contributed by atoms with Crippen LogP contribution in [0.3, 0.4) is 0 Å². The topological polar surface area (TPSA) is 73.8 Å². The van der Waals surface area contributed by atoms with E-state index in [1.807, 2.05) is 11.8 Å². The molecule has 1 saturated carbocycles. The minimum atomic E-state index is -3.20. The van der Waals surface area contributed by atoms with Gasteiger partial charge in [0.25, 0.3) is 0 Å². The Kier molecular flexibility index (Phi) is 7.68. The minimum Gasteiger partial charge on any atom is -0.355 e. The van der Waals surface area contributed by atoms with E-state index in [0.717, 1.165) is 37.6 Å². The van der Waals surface area contributed by atoms with Crippen LogP contribution >= 0.6 is 11.8 Å². The van der Waals surface area contributed by atoms with Gasteiger partial charge >= 0.3 is 0 Å². The highest BCUT2D eigenvalue weighted by molar-refractivity contribution is 8.00. The molecule has 2 fully saturated rings. The molecule has 0 aromatic carbocycles. The van der Waals surface area contributed by atoms with Gasteiger partial charge in [0.2, 0.25) is 10.0 Å². The second kappa shape index (κ2) is 9.29. The van der Waals surface area contributed by atoms with Crippen LogP contribution in [0.15, 0.2) is 4.99 Å². The lowest BCUT2D eigenvalue weighted by Gasteiger charge is -2.36. The lowest BCUT2D eigenvalue weighted by Crippen LogP contribution is -2.50. The fourth-order valence-electron chi connectivity index (χ4n) is 2.91. The maximum atomic E-state index is 12.1. The Hall–Kier alpha value is -0.470. The van der Waals surface area contributed by atoms with E-state index in [2.05, 4.69) is 33.8 Å². The normalized spacial score (nSPS) is 23.4. The van der Waals surface area contributed by atoms with Gasteiger partial charge in [-0.25, -0.2) is 13.1 Å². The average Bonchev–Trinajstić information content (AvgIpc) is 2.50. The van der Waals surface area contributed by atoms with Crippen molar-refractivity contribution in [3.63, 3.8) is 0 Å². The van der Waals surface area contributed by atoms with Gasteiger partial charge in [-0.2, -0.15) is 11.8 Å². The van der Waals surface area contributed by atoms with Crippen LogP contribution in [0.1, 0.15) is 33.1 Å². The van der Waals surface area contributed by atoms with Crippen LogP contribution in [0.5, 0.6) is 0 Å². The van der Waals surface area contributed by atoms with Gasteiger partial charge in [-0.3, -0.25) is 4.99 Å². The molecule has 24 heavy (non-hydrogen) atoms. The maximum Gasteiger partial charge on any atom is 0.213 e. The highest BCUT2D eigenvalue weighted by Crippen LogP contribution is 2.25. The third-order valence-corrected chi connectivity index (χ3v) is 7.71. The van der Waals surface area contributed by atoms with Gasteiger partial charge < -0.3 is 10.2 Å². The number of hydrogen-bond donors (Lipinski definition) is 2. The van der Waals surface area contributed by atoms with Gasteiger partial charge in [0, 0.05) is 44.2 Å². The van der Waals surface area contributed by atoms with E-state index in [1.165, 1.54) is 6.42 Å². The van der Waals surface area contributed by atoms with Crippen LogP contribution in [-0.4, -0.2) is 69.3 Å². The van der Waals surface area contributed by atoms with Gasteiger partial charge in [-0.05, 0) is 24.7 Å². The van der Waals surface area contributed by atoms with Crippen LogP contribution in [-0.2, 0) is 10.0 Å². The number of nitrogens with one attached hydrogen (secondary N) is 2. The number of aliphatic imine (C=N–C) groups is 1. The molecule has 0 spiro atoms. The number of rotatable bonds is 7. The van der Waals surface area contributed by atoms with Crippen LogP contribution < -0.4 is 10.0 Å². The van der Waals surface area contributed by atoms with Crippen LogP contribution in [0.25, 0.3) is 0 Å². The first-order valence-electron chi connectivity index (χ1n) is 8.96. The monoisotopic (exact) mass is 376 g/mol. The summed E-state index contributed by atoms with van der Waals surface area (Å²) < 4.78 is 26.8. The zero-order valence-electron chi connectivity index (χ0n) is 15.1. The molecule has 1 saturated heterocycles. The zero-order chi connectivity index (χ0) is 17.6. The van der Waals surface area contributed by atoms with E-state index >= 15 is 0 Å². The molecule has 0 bridgehead atoms. The molecule has 0 amide bonds. The molecule has 0 radical (unpaired) electrons. The van der Waals surface area contributed by atoms with Crippen LogP contribution in [0.4, 0.5) is 0 Å². The molecule has 0 aromatic rings. The van der Waals surface area contributed by atoms with Crippen molar-refractivity contribution in [2.24, 2.45) is 16.8 Å². The standard InChI is InChI=1S/C16H32N4O2S2/c1-13(2)15-12-20(8-9-23-15)16(17-3)18-7-10-24(21,22)19-11-14-5-4-6-14/h13-15,19H,4-12H2,1-3H3,(H,17,18). The summed E-state index contributed by atoms with van der Waals surface area (Å²) in [7, 11) is -1.44. The first kappa shape index (κ1) is 19.8. The first-order chi connectivity index (χ1) is 11.4. The molecule has 2 N–H and O–H groups in total. The van der Waals surface area contributed by atoms with E-state index in [-0.39, 0.29) is 5.75 Å². The van der Waals surface area contributed by atoms with E-state index in [1.54, 1.807) is 7.05 Å². The number of hydrogen-bond acceptors (Lipinski definition) is 4. The lowest BCUT2D eigenvalue weighted by atomic mass is 9.86. The minimum absolute atomic E-state index is 0.0922. The van der Waals surface area contributed by atoms with Gasteiger partial charge in [0.15, 0.2) is 5.96 Å². The van der Waals surface area contributed by atoms with E-state index in [4.69, 9.17) is 0 Å². The molecule has 2 aliphatic rings. The van der Waals surface area contributed by atoms with E-state index < -0.39 is 10.0 Å². The number of nitrogens with zero attached hydrogens (tertiary/aromatic N) is 2. The molecular formula is C16H32N4O2S2. The Morgan fingerprint density at radius 1 is 1.38 bits per heavy atom. The zero-order valence-corrected chi connectivity index (χ0v) is 16.8.